The minimum atomic E-state index is -3.30. The zero-order valence-corrected chi connectivity index (χ0v) is 12.0. The van der Waals surface area contributed by atoms with Crippen LogP contribution in [0.3, 0.4) is 0 Å². The summed E-state index contributed by atoms with van der Waals surface area (Å²) in [5.41, 5.74) is 0. The number of halogens is 2. The van der Waals surface area contributed by atoms with E-state index in [-0.39, 0.29) is 0 Å². The quantitative estimate of drug-likeness (QED) is 0.799. The van der Waals surface area contributed by atoms with E-state index in [1.165, 1.54) is 0 Å². The Morgan fingerprint density at radius 1 is 0.600 bits per heavy atom. The second-order valence-corrected chi connectivity index (χ2v) is 16.8. The summed E-state index contributed by atoms with van der Waals surface area (Å²) >= 11 is -3.30. The van der Waals surface area contributed by atoms with Crippen LogP contribution in [0.1, 0.15) is 0 Å². The van der Waals surface area contributed by atoms with Gasteiger partial charge >= 0.3 is 102 Å². The Labute approximate surface area is 101 Å². The maximum absolute atomic E-state index is 6.56. The molecule has 2 rings (SSSR count). The van der Waals surface area contributed by atoms with E-state index in [2.05, 4.69) is 0 Å². The fourth-order valence-electron chi connectivity index (χ4n) is 1.46. The third-order valence-electron chi connectivity index (χ3n) is 2.27. The van der Waals surface area contributed by atoms with Crippen LogP contribution in [-0.2, 0) is 17.9 Å². The van der Waals surface area contributed by atoms with Crippen LogP contribution in [0.5, 0.6) is 0 Å². The van der Waals surface area contributed by atoms with E-state index in [1.54, 1.807) is 0 Å². The van der Waals surface area contributed by atoms with Gasteiger partial charge in [-0.05, 0) is 0 Å². The second-order valence-electron chi connectivity index (χ2n) is 3.31. The van der Waals surface area contributed by atoms with Crippen molar-refractivity contribution in [2.45, 2.75) is 0 Å². The van der Waals surface area contributed by atoms with Gasteiger partial charge < -0.3 is 0 Å². The van der Waals surface area contributed by atoms with E-state index >= 15 is 0 Å². The molecule has 76 valence electrons. The Morgan fingerprint density at radius 2 is 0.933 bits per heavy atom. The van der Waals surface area contributed by atoms with Crippen LogP contribution in [0.15, 0.2) is 60.7 Å². The van der Waals surface area contributed by atoms with Crippen molar-refractivity contribution in [3.63, 3.8) is 0 Å². The van der Waals surface area contributed by atoms with Crippen molar-refractivity contribution in [3.8, 4) is 0 Å². The molecule has 0 bridgehead atoms. The van der Waals surface area contributed by atoms with Crippen LogP contribution in [0.2, 0.25) is 0 Å². The van der Waals surface area contributed by atoms with E-state index in [0.29, 0.717) is 0 Å². The van der Waals surface area contributed by atoms with Gasteiger partial charge in [0.1, 0.15) is 0 Å². The fraction of sp³-hybridized carbons (Fsp3) is 0. The van der Waals surface area contributed by atoms with E-state index in [9.17, 15) is 0 Å². The van der Waals surface area contributed by atoms with Crippen LogP contribution in [0, 0.1) is 0 Å². The first-order chi connectivity index (χ1) is 7.21. The predicted octanol–water partition coefficient (Wildman–Crippen LogP) is 3.10. The fourth-order valence-corrected chi connectivity index (χ4v) is 8.27. The van der Waals surface area contributed by atoms with Crippen LogP contribution < -0.4 is 6.54 Å². The van der Waals surface area contributed by atoms with Crippen molar-refractivity contribution in [2.24, 2.45) is 0 Å². The molecule has 0 atom stereocenters. The van der Waals surface area contributed by atoms with Gasteiger partial charge in [-0.15, -0.1) is 0 Å². The van der Waals surface area contributed by atoms with Gasteiger partial charge in [0.15, 0.2) is 0 Å². The van der Waals surface area contributed by atoms with Gasteiger partial charge in [0.05, 0.1) is 0 Å². The van der Waals surface area contributed by atoms with Gasteiger partial charge in [-0.3, -0.25) is 0 Å². The molecule has 0 unspecified atom stereocenters. The molecule has 0 spiro atoms. The Kier molecular flexibility index (Phi) is 3.66. The Hall–Kier alpha value is -0.0969. The van der Waals surface area contributed by atoms with Crippen molar-refractivity contribution in [2.75, 3.05) is 0 Å². The average molecular weight is 316 g/mol. The molecule has 0 heterocycles. The normalized spacial score (nSPS) is 11.3. The molecule has 0 N–H and O–H groups in total. The van der Waals surface area contributed by atoms with Gasteiger partial charge in [-0.25, -0.2) is 0 Å². The monoisotopic (exact) mass is 314 g/mol. The number of rotatable bonds is 2. The zero-order chi connectivity index (χ0) is 10.7. The molecule has 0 nitrogen and oxygen atoms in total. The number of benzene rings is 2. The molecule has 0 radical (unpaired) electrons. The third-order valence-corrected chi connectivity index (χ3v) is 12.6. The van der Waals surface area contributed by atoms with Crippen molar-refractivity contribution in [3.05, 3.63) is 60.7 Å². The van der Waals surface area contributed by atoms with Crippen molar-refractivity contribution >= 4 is 23.6 Å². The first kappa shape index (κ1) is 11.4. The molecule has 15 heavy (non-hydrogen) atoms. The van der Waals surface area contributed by atoms with E-state index in [4.69, 9.17) is 17.0 Å². The molecule has 2 aromatic carbocycles. The standard InChI is InChI=1S/2C6H5.2ClH.Zr/c2*1-2-4-6-5-3-1;;;/h2*1-5H;2*1H;/q;;;;+2/p-2. The van der Waals surface area contributed by atoms with Gasteiger partial charge in [0, 0.05) is 0 Å². The number of hydrogen-bond acceptors (Lipinski definition) is 0. The average Bonchev–Trinajstić information content (AvgIpc) is 2.31. The molecule has 3 heteroatoms. The van der Waals surface area contributed by atoms with Crippen LogP contribution in [0.4, 0.5) is 0 Å². The van der Waals surface area contributed by atoms with Crippen LogP contribution >= 0.6 is 17.0 Å². The molecule has 0 amide bonds. The van der Waals surface area contributed by atoms with E-state index in [0.717, 1.165) is 6.54 Å². The molecule has 0 aliphatic carbocycles. The number of hydrogen-bond donors (Lipinski definition) is 0. The molecule has 0 fully saturated rings. The Balaban J connectivity index is 2.44. The summed E-state index contributed by atoms with van der Waals surface area (Å²) in [6, 6.07) is 19.9. The second kappa shape index (κ2) is 4.82. The summed E-state index contributed by atoms with van der Waals surface area (Å²) < 4.78 is 2.20. The molecule has 0 saturated heterocycles. The molecule has 0 aliphatic heterocycles. The summed E-state index contributed by atoms with van der Waals surface area (Å²) in [6.45, 7) is 0. The van der Waals surface area contributed by atoms with E-state index < -0.39 is 17.9 Å². The molecule has 2 aromatic rings. The summed E-state index contributed by atoms with van der Waals surface area (Å²) in [6.07, 6.45) is 0. The molecule has 0 saturated carbocycles. The minimum absolute atomic E-state index is 1.10. The topological polar surface area (TPSA) is 0 Å². The van der Waals surface area contributed by atoms with Gasteiger partial charge in [-0.2, -0.15) is 0 Å². The van der Waals surface area contributed by atoms with Crippen molar-refractivity contribution in [1.82, 2.24) is 0 Å². The predicted molar refractivity (Wildman–Crippen MR) is 63.9 cm³/mol. The Morgan fingerprint density at radius 3 is 1.27 bits per heavy atom. The zero-order valence-electron chi connectivity index (χ0n) is 8.03. The molecular formula is C12H10Cl2Zr. The SMILES string of the molecule is [Cl][Zr]([Cl])([c]1ccccc1)[c]1ccccc1. The molecular weight excluding hydrogens is 306 g/mol. The van der Waals surface area contributed by atoms with Crippen LogP contribution in [-0.4, -0.2) is 0 Å². The van der Waals surface area contributed by atoms with Crippen molar-refractivity contribution in [1.29, 1.82) is 0 Å². The van der Waals surface area contributed by atoms with Gasteiger partial charge in [-0.1, -0.05) is 0 Å². The molecule has 0 aromatic heterocycles. The summed E-state index contributed by atoms with van der Waals surface area (Å²) in [5.74, 6) is 0. The third kappa shape index (κ3) is 2.53. The first-order valence-electron chi connectivity index (χ1n) is 4.70. The summed E-state index contributed by atoms with van der Waals surface area (Å²) in [4.78, 5) is 0. The maximum atomic E-state index is 6.56. The van der Waals surface area contributed by atoms with Gasteiger partial charge in [0.25, 0.3) is 0 Å². The summed E-state index contributed by atoms with van der Waals surface area (Å²) in [5, 5.41) is 0. The van der Waals surface area contributed by atoms with E-state index in [1.807, 2.05) is 60.7 Å². The Bertz CT molecular complexity index is 384. The first-order valence-corrected chi connectivity index (χ1v) is 13.5. The van der Waals surface area contributed by atoms with Crippen molar-refractivity contribution < 1.29 is 17.9 Å². The summed E-state index contributed by atoms with van der Waals surface area (Å²) in [7, 11) is 13.1. The van der Waals surface area contributed by atoms with Crippen LogP contribution in [0.25, 0.3) is 0 Å². The molecule has 0 aliphatic rings. The van der Waals surface area contributed by atoms with Gasteiger partial charge in [0.2, 0.25) is 0 Å².